The average molecular weight is 298 g/mol. The normalized spacial score (nSPS) is 23.6. The van der Waals surface area contributed by atoms with Gasteiger partial charge in [-0.05, 0) is 24.0 Å². The number of nitrogens with one attached hydrogen (secondary N) is 1. The number of amides is 1. The molecule has 1 saturated heterocycles. The molecule has 92 valence electrons. The van der Waals surface area contributed by atoms with Crippen molar-refractivity contribution in [3.8, 4) is 0 Å². The molecule has 1 aromatic rings. The maximum absolute atomic E-state index is 12.0. The van der Waals surface area contributed by atoms with Gasteiger partial charge in [0.1, 0.15) is 6.10 Å². The van der Waals surface area contributed by atoms with Crippen molar-refractivity contribution in [2.24, 2.45) is 5.92 Å². The lowest BCUT2D eigenvalue weighted by Gasteiger charge is -2.15. The van der Waals surface area contributed by atoms with Gasteiger partial charge in [0.05, 0.1) is 0 Å². The first-order chi connectivity index (χ1) is 8.22. The number of ether oxygens (including phenoxy) is 1. The van der Waals surface area contributed by atoms with Gasteiger partial charge in [0.25, 0.3) is 5.91 Å². The van der Waals surface area contributed by atoms with Crippen molar-refractivity contribution >= 4 is 27.5 Å². The zero-order valence-corrected chi connectivity index (χ0v) is 11.4. The van der Waals surface area contributed by atoms with Crippen LogP contribution in [0.3, 0.4) is 0 Å². The highest BCUT2D eigenvalue weighted by molar-refractivity contribution is 9.08. The molecule has 2 atom stereocenters. The summed E-state index contributed by atoms with van der Waals surface area (Å²) in [5.41, 5.74) is 1.93. The van der Waals surface area contributed by atoms with Gasteiger partial charge in [-0.1, -0.05) is 41.1 Å². The van der Waals surface area contributed by atoms with E-state index in [9.17, 15) is 4.79 Å². The predicted molar refractivity (Wildman–Crippen MR) is 71.2 cm³/mol. The SMILES string of the molecule is CC1CCOC1C(=O)Nc1ccccc1CBr. The molecule has 4 heteroatoms. The van der Waals surface area contributed by atoms with E-state index in [1.165, 1.54) is 0 Å². The summed E-state index contributed by atoms with van der Waals surface area (Å²) in [4.78, 5) is 12.0. The molecule has 1 aliphatic heterocycles. The number of benzene rings is 1. The fraction of sp³-hybridized carbons (Fsp3) is 0.462. The molecular weight excluding hydrogens is 282 g/mol. The molecule has 2 rings (SSSR count). The van der Waals surface area contributed by atoms with E-state index in [0.717, 1.165) is 23.0 Å². The quantitative estimate of drug-likeness (QED) is 0.871. The number of hydrogen-bond donors (Lipinski definition) is 1. The van der Waals surface area contributed by atoms with E-state index in [0.29, 0.717) is 12.5 Å². The van der Waals surface area contributed by atoms with Crippen molar-refractivity contribution in [3.05, 3.63) is 29.8 Å². The van der Waals surface area contributed by atoms with Gasteiger partial charge < -0.3 is 10.1 Å². The van der Waals surface area contributed by atoms with E-state index in [1.54, 1.807) is 0 Å². The molecule has 3 nitrogen and oxygen atoms in total. The summed E-state index contributed by atoms with van der Waals surface area (Å²) in [6, 6.07) is 7.78. The molecule has 0 bridgehead atoms. The molecule has 1 amide bonds. The number of halogens is 1. The molecule has 1 aromatic carbocycles. The zero-order chi connectivity index (χ0) is 12.3. The Morgan fingerprint density at radius 2 is 2.29 bits per heavy atom. The van der Waals surface area contributed by atoms with Gasteiger partial charge >= 0.3 is 0 Å². The van der Waals surface area contributed by atoms with Crippen molar-refractivity contribution in [1.82, 2.24) is 0 Å². The molecule has 17 heavy (non-hydrogen) atoms. The summed E-state index contributed by atoms with van der Waals surface area (Å²) in [7, 11) is 0. The molecule has 0 aromatic heterocycles. The molecule has 0 radical (unpaired) electrons. The fourth-order valence-corrected chi connectivity index (χ4v) is 2.48. The predicted octanol–water partition coefficient (Wildman–Crippen LogP) is 2.95. The highest BCUT2D eigenvalue weighted by Crippen LogP contribution is 2.23. The van der Waals surface area contributed by atoms with Crippen LogP contribution in [0.5, 0.6) is 0 Å². The zero-order valence-electron chi connectivity index (χ0n) is 9.78. The molecular formula is C13H16BrNO2. The van der Waals surface area contributed by atoms with Crippen molar-refractivity contribution < 1.29 is 9.53 Å². The first kappa shape index (κ1) is 12.6. The van der Waals surface area contributed by atoms with Gasteiger partial charge in [-0.15, -0.1) is 0 Å². The summed E-state index contributed by atoms with van der Waals surface area (Å²) >= 11 is 3.41. The number of carbonyl (C=O) groups excluding carboxylic acids is 1. The monoisotopic (exact) mass is 297 g/mol. The highest BCUT2D eigenvalue weighted by Gasteiger charge is 2.30. The standard InChI is InChI=1S/C13H16BrNO2/c1-9-6-7-17-12(9)13(16)15-11-5-3-2-4-10(11)8-14/h2-5,9,12H,6-8H2,1H3,(H,15,16). The average Bonchev–Trinajstić information content (AvgIpc) is 2.76. The number of anilines is 1. The lowest BCUT2D eigenvalue weighted by atomic mass is 10.0. The first-order valence-corrected chi connectivity index (χ1v) is 6.91. The van der Waals surface area contributed by atoms with Crippen LogP contribution in [-0.4, -0.2) is 18.6 Å². The minimum absolute atomic E-state index is 0.0385. The molecule has 0 aliphatic carbocycles. The van der Waals surface area contributed by atoms with Crippen LogP contribution in [0.4, 0.5) is 5.69 Å². The van der Waals surface area contributed by atoms with E-state index < -0.39 is 0 Å². The van der Waals surface area contributed by atoms with Crippen LogP contribution < -0.4 is 5.32 Å². The van der Waals surface area contributed by atoms with Crippen molar-refractivity contribution in [3.63, 3.8) is 0 Å². The second-order valence-corrected chi connectivity index (χ2v) is 4.90. The van der Waals surface area contributed by atoms with Gasteiger partial charge in [0.2, 0.25) is 0 Å². The number of alkyl halides is 1. The number of carbonyl (C=O) groups is 1. The fourth-order valence-electron chi connectivity index (χ4n) is 1.99. The molecule has 1 fully saturated rings. The van der Waals surface area contributed by atoms with Gasteiger partial charge in [-0.25, -0.2) is 0 Å². The number of para-hydroxylation sites is 1. The minimum Gasteiger partial charge on any atom is -0.368 e. The summed E-state index contributed by atoms with van der Waals surface area (Å²) in [5, 5.41) is 3.67. The molecule has 1 N–H and O–H groups in total. The smallest absolute Gasteiger partial charge is 0.253 e. The second-order valence-electron chi connectivity index (χ2n) is 4.34. The Labute approximate surface area is 110 Å². The highest BCUT2D eigenvalue weighted by atomic mass is 79.9. The summed E-state index contributed by atoms with van der Waals surface area (Å²) in [6.45, 7) is 2.73. The molecule has 0 saturated carbocycles. The van der Waals surface area contributed by atoms with E-state index in [-0.39, 0.29) is 12.0 Å². The third-order valence-corrected chi connectivity index (χ3v) is 3.67. The summed E-state index contributed by atoms with van der Waals surface area (Å²) in [6.07, 6.45) is 0.649. The second kappa shape index (κ2) is 5.65. The molecule has 1 aliphatic rings. The lowest BCUT2D eigenvalue weighted by Crippen LogP contribution is -2.31. The van der Waals surface area contributed by atoms with Crippen LogP contribution in [0, 0.1) is 5.92 Å². The summed E-state index contributed by atoms with van der Waals surface area (Å²) in [5.74, 6) is 0.259. The maximum Gasteiger partial charge on any atom is 0.253 e. The minimum atomic E-state index is -0.307. The molecule has 2 unspecified atom stereocenters. The van der Waals surface area contributed by atoms with Crippen LogP contribution in [0.2, 0.25) is 0 Å². The Kier molecular flexibility index (Phi) is 4.18. The van der Waals surface area contributed by atoms with Crippen LogP contribution in [-0.2, 0) is 14.9 Å². The van der Waals surface area contributed by atoms with E-state index >= 15 is 0 Å². The first-order valence-electron chi connectivity index (χ1n) is 5.78. The van der Waals surface area contributed by atoms with Crippen molar-refractivity contribution in [1.29, 1.82) is 0 Å². The van der Waals surface area contributed by atoms with Crippen LogP contribution in [0.1, 0.15) is 18.9 Å². The van der Waals surface area contributed by atoms with Gasteiger partial charge in [-0.2, -0.15) is 0 Å². The Balaban J connectivity index is 2.07. The number of hydrogen-bond acceptors (Lipinski definition) is 2. The Hall–Kier alpha value is -0.870. The Morgan fingerprint density at radius 1 is 1.53 bits per heavy atom. The van der Waals surface area contributed by atoms with Crippen LogP contribution in [0.15, 0.2) is 24.3 Å². The molecule has 0 spiro atoms. The van der Waals surface area contributed by atoms with Crippen molar-refractivity contribution in [2.45, 2.75) is 24.8 Å². The third-order valence-electron chi connectivity index (χ3n) is 3.07. The van der Waals surface area contributed by atoms with Gasteiger partial charge in [-0.3, -0.25) is 4.79 Å². The molecule has 1 heterocycles. The van der Waals surface area contributed by atoms with E-state index in [4.69, 9.17) is 4.74 Å². The Bertz CT molecular complexity index is 408. The van der Waals surface area contributed by atoms with E-state index in [1.807, 2.05) is 31.2 Å². The lowest BCUT2D eigenvalue weighted by molar-refractivity contribution is -0.126. The summed E-state index contributed by atoms with van der Waals surface area (Å²) < 4.78 is 5.45. The van der Waals surface area contributed by atoms with Crippen molar-refractivity contribution in [2.75, 3.05) is 11.9 Å². The van der Waals surface area contributed by atoms with E-state index in [2.05, 4.69) is 21.2 Å². The van der Waals surface area contributed by atoms with Crippen LogP contribution >= 0.6 is 15.9 Å². The van der Waals surface area contributed by atoms with Gasteiger partial charge in [0, 0.05) is 17.6 Å². The maximum atomic E-state index is 12.0. The van der Waals surface area contributed by atoms with Crippen LogP contribution in [0.25, 0.3) is 0 Å². The topological polar surface area (TPSA) is 38.3 Å². The Morgan fingerprint density at radius 3 is 2.94 bits per heavy atom. The number of rotatable bonds is 3. The van der Waals surface area contributed by atoms with Gasteiger partial charge in [0.15, 0.2) is 0 Å². The third kappa shape index (κ3) is 2.87. The largest absolute Gasteiger partial charge is 0.368 e.